The summed E-state index contributed by atoms with van der Waals surface area (Å²) in [7, 11) is 0. The molecule has 1 aromatic rings. The highest BCUT2D eigenvalue weighted by Crippen LogP contribution is 2.21. The molecule has 0 aliphatic heterocycles. The molecule has 4 nitrogen and oxygen atoms in total. The third-order valence-corrected chi connectivity index (χ3v) is 2.70. The molecule has 0 aliphatic carbocycles. The number of anilines is 1. The molecule has 1 amide bonds. The Balaban J connectivity index is 3.02. The van der Waals surface area contributed by atoms with Gasteiger partial charge in [0.15, 0.2) is 0 Å². The van der Waals surface area contributed by atoms with Crippen molar-refractivity contribution in [2.75, 3.05) is 18.8 Å². The molecule has 0 aliphatic rings. The molecule has 0 radical (unpaired) electrons. The smallest absolute Gasteiger partial charge is 0.383 e. The maximum absolute atomic E-state index is 12.4. The molecule has 0 saturated carbocycles. The Morgan fingerprint density at radius 2 is 2.16 bits per heavy atom. The molecule has 106 valence electrons. The lowest BCUT2D eigenvalue weighted by atomic mass is 10.2. The number of carbonyl (C=O) groups excluding carboxylic acids is 1. The molecule has 0 fully saturated rings. The first-order valence-electron chi connectivity index (χ1n) is 5.51. The van der Waals surface area contributed by atoms with Crippen molar-refractivity contribution in [3.63, 3.8) is 0 Å². The molecule has 0 unspecified atom stereocenters. The van der Waals surface area contributed by atoms with E-state index in [1.165, 1.54) is 12.3 Å². The predicted octanol–water partition coefficient (Wildman–Crippen LogP) is 2.84. The number of aromatic nitrogens is 1. The Bertz CT molecular complexity index is 465. The van der Waals surface area contributed by atoms with Crippen LogP contribution >= 0.6 is 15.9 Å². The first kappa shape index (κ1) is 15.7. The van der Waals surface area contributed by atoms with Crippen molar-refractivity contribution >= 4 is 27.7 Å². The molecule has 0 saturated heterocycles. The molecule has 0 atom stereocenters. The van der Waals surface area contributed by atoms with Gasteiger partial charge < -0.3 is 10.6 Å². The summed E-state index contributed by atoms with van der Waals surface area (Å²) in [5.74, 6) is -0.859. The number of carbonyl (C=O) groups is 1. The minimum absolute atomic E-state index is 0.00426. The summed E-state index contributed by atoms with van der Waals surface area (Å²) in [6, 6.07) is 1.36. The normalized spacial score (nSPS) is 11.4. The number of nitrogens with zero attached hydrogens (tertiary/aromatic N) is 2. The summed E-state index contributed by atoms with van der Waals surface area (Å²) in [4.78, 5) is 16.5. The van der Waals surface area contributed by atoms with Crippen LogP contribution in [0.4, 0.5) is 19.0 Å². The lowest BCUT2D eigenvalue weighted by Gasteiger charge is -2.23. The van der Waals surface area contributed by atoms with Crippen LogP contribution in [0, 0.1) is 0 Å². The van der Waals surface area contributed by atoms with Crippen LogP contribution < -0.4 is 5.73 Å². The van der Waals surface area contributed by atoms with Gasteiger partial charge in [0.2, 0.25) is 0 Å². The average molecular weight is 340 g/mol. The van der Waals surface area contributed by atoms with Crippen LogP contribution in [0.15, 0.2) is 16.7 Å². The van der Waals surface area contributed by atoms with Crippen LogP contribution in [0.3, 0.4) is 0 Å². The fraction of sp³-hybridized carbons (Fsp3) is 0.455. The van der Waals surface area contributed by atoms with Crippen LogP contribution in [-0.4, -0.2) is 35.1 Å². The van der Waals surface area contributed by atoms with Crippen LogP contribution in [0.1, 0.15) is 23.7 Å². The number of hydrogen-bond donors (Lipinski definition) is 1. The molecule has 1 rings (SSSR count). The van der Waals surface area contributed by atoms with Crippen LogP contribution in [0.2, 0.25) is 0 Å². The summed E-state index contributed by atoms with van der Waals surface area (Å²) in [5.41, 5.74) is 5.49. The fourth-order valence-corrected chi connectivity index (χ4v) is 1.86. The van der Waals surface area contributed by atoms with Gasteiger partial charge in [0.05, 0.1) is 5.56 Å². The highest BCUT2D eigenvalue weighted by molar-refractivity contribution is 9.10. The standard InChI is InChI=1S/C11H13BrF3N3O/c1-2-3-18(6-11(13,14)15)10(19)8-4-7(12)5-17-9(8)16/h4-5H,2-3,6H2,1H3,(H2,16,17). The van der Waals surface area contributed by atoms with E-state index in [0.717, 1.165) is 4.90 Å². The zero-order valence-corrected chi connectivity index (χ0v) is 11.8. The van der Waals surface area contributed by atoms with Gasteiger partial charge in [0, 0.05) is 17.2 Å². The van der Waals surface area contributed by atoms with Crippen molar-refractivity contribution in [1.29, 1.82) is 0 Å². The highest BCUT2D eigenvalue weighted by Gasteiger charge is 2.33. The Labute approximate surface area is 116 Å². The van der Waals surface area contributed by atoms with Gasteiger partial charge in [-0.1, -0.05) is 6.92 Å². The van der Waals surface area contributed by atoms with Crippen molar-refractivity contribution in [2.45, 2.75) is 19.5 Å². The van der Waals surface area contributed by atoms with Gasteiger partial charge >= 0.3 is 6.18 Å². The van der Waals surface area contributed by atoms with Crippen LogP contribution in [0.5, 0.6) is 0 Å². The van der Waals surface area contributed by atoms with Gasteiger partial charge in [-0.05, 0) is 28.4 Å². The fourth-order valence-electron chi connectivity index (χ4n) is 1.53. The van der Waals surface area contributed by atoms with Gasteiger partial charge in [0.1, 0.15) is 12.4 Å². The third kappa shape index (κ3) is 4.70. The molecule has 0 spiro atoms. The number of halogens is 4. The molecule has 0 bridgehead atoms. The number of nitrogens with two attached hydrogens (primary N) is 1. The summed E-state index contributed by atoms with van der Waals surface area (Å²) < 4.78 is 37.8. The summed E-state index contributed by atoms with van der Waals surface area (Å²) in [6.07, 6.45) is -2.65. The lowest BCUT2D eigenvalue weighted by molar-refractivity contribution is -0.140. The van der Waals surface area contributed by atoms with Crippen molar-refractivity contribution in [3.8, 4) is 0 Å². The quantitative estimate of drug-likeness (QED) is 0.917. The van der Waals surface area contributed by atoms with Gasteiger partial charge in [-0.15, -0.1) is 0 Å². The molecule has 0 aromatic carbocycles. The van der Waals surface area contributed by atoms with Crippen molar-refractivity contribution < 1.29 is 18.0 Å². The van der Waals surface area contributed by atoms with E-state index in [-0.39, 0.29) is 17.9 Å². The van der Waals surface area contributed by atoms with E-state index in [0.29, 0.717) is 10.9 Å². The summed E-state index contributed by atoms with van der Waals surface area (Å²) >= 11 is 3.10. The Kier molecular flexibility index (Phi) is 5.16. The first-order valence-corrected chi connectivity index (χ1v) is 6.31. The van der Waals surface area contributed by atoms with Gasteiger partial charge in [-0.25, -0.2) is 4.98 Å². The maximum atomic E-state index is 12.4. The van der Waals surface area contributed by atoms with E-state index in [1.807, 2.05) is 0 Å². The predicted molar refractivity (Wildman–Crippen MR) is 68.6 cm³/mol. The summed E-state index contributed by atoms with van der Waals surface area (Å²) in [6.45, 7) is 0.398. The monoisotopic (exact) mass is 339 g/mol. The molecule has 19 heavy (non-hydrogen) atoms. The maximum Gasteiger partial charge on any atom is 0.406 e. The number of amides is 1. The zero-order valence-electron chi connectivity index (χ0n) is 10.2. The third-order valence-electron chi connectivity index (χ3n) is 2.27. The second-order valence-corrected chi connectivity index (χ2v) is 4.84. The number of nitrogen functional groups attached to an aromatic ring is 1. The van der Waals surface area contributed by atoms with E-state index in [9.17, 15) is 18.0 Å². The molecule has 1 heterocycles. The lowest BCUT2D eigenvalue weighted by Crippen LogP contribution is -2.39. The topological polar surface area (TPSA) is 59.2 Å². The molecule has 2 N–H and O–H groups in total. The number of pyridine rings is 1. The van der Waals surface area contributed by atoms with Gasteiger partial charge in [-0.2, -0.15) is 13.2 Å². The highest BCUT2D eigenvalue weighted by atomic mass is 79.9. The van der Waals surface area contributed by atoms with Gasteiger partial charge in [-0.3, -0.25) is 4.79 Å². The second kappa shape index (κ2) is 6.23. The second-order valence-electron chi connectivity index (χ2n) is 3.93. The minimum Gasteiger partial charge on any atom is -0.383 e. The number of hydrogen-bond acceptors (Lipinski definition) is 3. The Morgan fingerprint density at radius 3 is 2.68 bits per heavy atom. The van der Waals surface area contributed by atoms with E-state index in [1.54, 1.807) is 6.92 Å². The average Bonchev–Trinajstić information content (AvgIpc) is 2.29. The van der Waals surface area contributed by atoms with Crippen molar-refractivity contribution in [2.24, 2.45) is 0 Å². The summed E-state index contributed by atoms with van der Waals surface area (Å²) in [5, 5.41) is 0. The number of alkyl halides is 3. The van der Waals surface area contributed by atoms with Crippen LogP contribution in [-0.2, 0) is 0 Å². The minimum atomic E-state index is -4.45. The number of rotatable bonds is 4. The molecular formula is C11H13BrF3N3O. The van der Waals surface area contributed by atoms with E-state index < -0.39 is 18.6 Å². The van der Waals surface area contributed by atoms with Crippen molar-refractivity contribution in [3.05, 3.63) is 22.3 Å². The van der Waals surface area contributed by atoms with E-state index >= 15 is 0 Å². The van der Waals surface area contributed by atoms with Crippen molar-refractivity contribution in [1.82, 2.24) is 9.88 Å². The zero-order chi connectivity index (χ0) is 14.6. The van der Waals surface area contributed by atoms with Gasteiger partial charge in [0.25, 0.3) is 5.91 Å². The van der Waals surface area contributed by atoms with Crippen LogP contribution in [0.25, 0.3) is 0 Å². The molecule has 8 heteroatoms. The largest absolute Gasteiger partial charge is 0.406 e. The Hall–Kier alpha value is -1.31. The van der Waals surface area contributed by atoms with E-state index in [2.05, 4.69) is 20.9 Å². The molecular weight excluding hydrogens is 327 g/mol. The van der Waals surface area contributed by atoms with E-state index in [4.69, 9.17) is 5.73 Å². The first-order chi connectivity index (χ1) is 8.74. The SMILES string of the molecule is CCCN(CC(F)(F)F)C(=O)c1cc(Br)cnc1N. The Morgan fingerprint density at radius 1 is 1.53 bits per heavy atom. The molecule has 1 aromatic heterocycles.